The quantitative estimate of drug-likeness (QED) is 0.279. The summed E-state index contributed by atoms with van der Waals surface area (Å²) in [7, 11) is 0. The molecule has 0 amide bonds. The van der Waals surface area contributed by atoms with Crippen LogP contribution in [0.2, 0.25) is 0 Å². The first-order chi connectivity index (χ1) is 12.8. The van der Waals surface area contributed by atoms with Gasteiger partial charge in [0.05, 0.1) is 0 Å². The van der Waals surface area contributed by atoms with E-state index in [1.807, 2.05) is 23.5 Å². The summed E-state index contributed by atoms with van der Waals surface area (Å²) in [5, 5.41) is 0. The van der Waals surface area contributed by atoms with E-state index in [2.05, 4.69) is 86.1 Å². The molecule has 0 nitrogen and oxygen atoms in total. The molecule has 0 bridgehead atoms. The van der Waals surface area contributed by atoms with E-state index >= 15 is 0 Å². The zero-order valence-corrected chi connectivity index (χ0v) is 17.3. The Balaban J connectivity index is 1.86. The second-order valence-electron chi connectivity index (χ2n) is 5.95. The van der Waals surface area contributed by atoms with Gasteiger partial charge in [-0.2, -0.15) is 0 Å². The van der Waals surface area contributed by atoms with Gasteiger partial charge in [0, 0.05) is 20.9 Å². The van der Waals surface area contributed by atoms with Gasteiger partial charge in [-0.3, -0.25) is 0 Å². The third kappa shape index (κ3) is 8.09. The molecule has 0 saturated heterocycles. The number of rotatable bonds is 8. The molecule has 0 saturated carbocycles. The standard InChI is InChI=1S/C24H26S2/c1-3-5-19-25-23-15-11-21(12-16-23)9-7-8-10-22-13-17-24(18-14-22)26-20-6-4-2/h11-18H,3-6,19-20H2,1-2H3. The number of thioether (sulfide) groups is 2. The highest BCUT2D eigenvalue weighted by Crippen LogP contribution is 2.20. The van der Waals surface area contributed by atoms with E-state index in [0.717, 1.165) is 11.1 Å². The Kier molecular flexibility index (Phi) is 9.96. The minimum atomic E-state index is 1.02. The minimum Gasteiger partial charge on any atom is -0.126 e. The number of hydrogen-bond donors (Lipinski definition) is 0. The van der Waals surface area contributed by atoms with Crippen LogP contribution in [0.4, 0.5) is 0 Å². The Hall–Kier alpha value is -1.74. The lowest BCUT2D eigenvalue weighted by molar-refractivity contribution is 0.896. The molecule has 0 aliphatic heterocycles. The van der Waals surface area contributed by atoms with Gasteiger partial charge in [-0.25, -0.2) is 0 Å². The van der Waals surface area contributed by atoms with E-state index in [1.54, 1.807) is 0 Å². The van der Waals surface area contributed by atoms with Crippen molar-refractivity contribution in [3.63, 3.8) is 0 Å². The van der Waals surface area contributed by atoms with Crippen molar-refractivity contribution in [1.82, 2.24) is 0 Å². The van der Waals surface area contributed by atoms with Crippen molar-refractivity contribution in [2.75, 3.05) is 11.5 Å². The number of unbranched alkanes of at least 4 members (excludes halogenated alkanes) is 2. The smallest absolute Gasteiger partial charge is 0.0256 e. The van der Waals surface area contributed by atoms with Crippen molar-refractivity contribution in [2.45, 2.75) is 49.3 Å². The van der Waals surface area contributed by atoms with Crippen LogP contribution < -0.4 is 0 Å². The zero-order chi connectivity index (χ0) is 18.5. The van der Waals surface area contributed by atoms with Gasteiger partial charge in [0.1, 0.15) is 0 Å². The molecule has 0 fully saturated rings. The molecule has 134 valence electrons. The third-order valence-electron chi connectivity index (χ3n) is 3.72. The molecule has 2 aromatic rings. The molecular formula is C24H26S2. The van der Waals surface area contributed by atoms with E-state index in [0.29, 0.717) is 0 Å². The summed E-state index contributed by atoms with van der Waals surface area (Å²) >= 11 is 3.82. The lowest BCUT2D eigenvalue weighted by atomic mass is 10.2. The largest absolute Gasteiger partial charge is 0.126 e. The monoisotopic (exact) mass is 378 g/mol. The molecule has 0 heterocycles. The van der Waals surface area contributed by atoms with Crippen LogP contribution >= 0.6 is 23.5 Å². The van der Waals surface area contributed by atoms with Gasteiger partial charge in [-0.1, -0.05) is 38.5 Å². The van der Waals surface area contributed by atoms with Gasteiger partial charge < -0.3 is 0 Å². The fraction of sp³-hybridized carbons (Fsp3) is 0.333. The maximum Gasteiger partial charge on any atom is 0.0256 e. The first kappa shape index (κ1) is 20.6. The summed E-state index contributed by atoms with van der Waals surface area (Å²) in [4.78, 5) is 2.62. The van der Waals surface area contributed by atoms with Crippen LogP contribution in [0.25, 0.3) is 0 Å². The molecule has 0 atom stereocenters. The summed E-state index contributed by atoms with van der Waals surface area (Å²) in [5.41, 5.74) is 2.03. The van der Waals surface area contributed by atoms with Crippen LogP contribution in [0, 0.1) is 23.7 Å². The van der Waals surface area contributed by atoms with E-state index in [1.165, 1.54) is 47.0 Å². The fourth-order valence-corrected chi connectivity index (χ4v) is 4.14. The summed E-state index contributed by atoms with van der Waals surface area (Å²) in [6.45, 7) is 4.45. The van der Waals surface area contributed by atoms with Crippen LogP contribution in [0.3, 0.4) is 0 Å². The topological polar surface area (TPSA) is 0 Å². The Bertz CT molecular complexity index is 696. The molecular weight excluding hydrogens is 352 g/mol. The van der Waals surface area contributed by atoms with Crippen molar-refractivity contribution < 1.29 is 0 Å². The number of benzene rings is 2. The summed E-state index contributed by atoms with van der Waals surface area (Å²) < 4.78 is 0. The normalized spacial score (nSPS) is 9.77. The van der Waals surface area contributed by atoms with Gasteiger partial charge in [0.2, 0.25) is 0 Å². The van der Waals surface area contributed by atoms with Crippen molar-refractivity contribution in [2.24, 2.45) is 0 Å². The summed E-state index contributed by atoms with van der Waals surface area (Å²) in [5.74, 6) is 14.5. The molecule has 2 rings (SSSR count). The molecule has 2 heteroatoms. The Morgan fingerprint density at radius 1 is 0.615 bits per heavy atom. The maximum atomic E-state index is 3.12. The Labute approximate surface area is 167 Å². The molecule has 26 heavy (non-hydrogen) atoms. The Morgan fingerprint density at radius 3 is 1.35 bits per heavy atom. The highest BCUT2D eigenvalue weighted by Gasteiger charge is 1.94. The zero-order valence-electron chi connectivity index (χ0n) is 15.7. The van der Waals surface area contributed by atoms with Crippen molar-refractivity contribution in [1.29, 1.82) is 0 Å². The second-order valence-corrected chi connectivity index (χ2v) is 8.29. The molecule has 0 N–H and O–H groups in total. The molecule has 2 aromatic carbocycles. The molecule has 0 aliphatic rings. The summed E-state index contributed by atoms with van der Waals surface area (Å²) in [6.07, 6.45) is 5.02. The van der Waals surface area contributed by atoms with Crippen LogP contribution in [0.15, 0.2) is 58.3 Å². The fourth-order valence-electron chi connectivity index (χ4n) is 2.14. The molecule has 0 aromatic heterocycles. The van der Waals surface area contributed by atoms with Crippen molar-refractivity contribution in [3.05, 3.63) is 59.7 Å². The van der Waals surface area contributed by atoms with Gasteiger partial charge in [-0.05, 0) is 84.7 Å². The van der Waals surface area contributed by atoms with Crippen LogP contribution in [0.1, 0.15) is 50.7 Å². The highest BCUT2D eigenvalue weighted by molar-refractivity contribution is 7.99. The second kappa shape index (κ2) is 12.6. The highest BCUT2D eigenvalue weighted by atomic mass is 32.2. The van der Waals surface area contributed by atoms with Crippen LogP contribution in [-0.2, 0) is 0 Å². The van der Waals surface area contributed by atoms with Gasteiger partial charge >= 0.3 is 0 Å². The Morgan fingerprint density at radius 2 is 1.00 bits per heavy atom. The lowest BCUT2D eigenvalue weighted by Gasteiger charge is -2.00. The summed E-state index contributed by atoms with van der Waals surface area (Å²) in [6, 6.07) is 16.9. The molecule has 0 radical (unpaired) electrons. The lowest BCUT2D eigenvalue weighted by Crippen LogP contribution is -1.80. The average Bonchev–Trinajstić information content (AvgIpc) is 2.68. The van der Waals surface area contributed by atoms with Gasteiger partial charge in [0.25, 0.3) is 0 Å². The SMILES string of the molecule is CCCCSc1ccc(C#CC#Cc2ccc(SCCCC)cc2)cc1. The predicted octanol–water partition coefficient (Wildman–Crippen LogP) is 6.87. The van der Waals surface area contributed by atoms with Crippen LogP contribution in [0.5, 0.6) is 0 Å². The first-order valence-electron chi connectivity index (χ1n) is 9.29. The number of hydrogen-bond acceptors (Lipinski definition) is 2. The van der Waals surface area contributed by atoms with E-state index in [4.69, 9.17) is 0 Å². The first-order valence-corrected chi connectivity index (χ1v) is 11.3. The average molecular weight is 379 g/mol. The predicted molar refractivity (Wildman–Crippen MR) is 118 cm³/mol. The van der Waals surface area contributed by atoms with E-state index in [9.17, 15) is 0 Å². The minimum absolute atomic E-state index is 1.02. The van der Waals surface area contributed by atoms with Crippen molar-refractivity contribution in [3.8, 4) is 23.7 Å². The van der Waals surface area contributed by atoms with Crippen molar-refractivity contribution >= 4 is 23.5 Å². The molecule has 0 unspecified atom stereocenters. The van der Waals surface area contributed by atoms with E-state index < -0.39 is 0 Å². The molecule has 0 spiro atoms. The van der Waals surface area contributed by atoms with Gasteiger partial charge in [0.15, 0.2) is 0 Å². The van der Waals surface area contributed by atoms with Gasteiger partial charge in [-0.15, -0.1) is 23.5 Å². The van der Waals surface area contributed by atoms with Crippen LogP contribution in [-0.4, -0.2) is 11.5 Å². The third-order valence-corrected chi connectivity index (χ3v) is 5.91. The maximum absolute atomic E-state index is 3.12. The molecule has 0 aliphatic carbocycles. The van der Waals surface area contributed by atoms with E-state index in [-0.39, 0.29) is 0 Å².